The van der Waals surface area contributed by atoms with E-state index in [1.165, 1.54) is 25.8 Å². The van der Waals surface area contributed by atoms with Crippen LogP contribution in [0.25, 0.3) is 0 Å². The lowest BCUT2D eigenvalue weighted by molar-refractivity contribution is -0.130. The molecule has 4 heteroatoms. The monoisotopic (exact) mass is 265 g/mol. The third kappa shape index (κ3) is 2.52. The highest BCUT2D eigenvalue weighted by atomic mass is 16.2. The maximum absolute atomic E-state index is 12.3. The fourth-order valence-electron chi connectivity index (χ4n) is 3.70. The number of nitrogens with one attached hydrogen (secondary N) is 1. The molecule has 2 heterocycles. The second kappa shape index (κ2) is 5.06. The van der Waals surface area contributed by atoms with Crippen LogP contribution in [0.15, 0.2) is 0 Å². The summed E-state index contributed by atoms with van der Waals surface area (Å²) in [4.78, 5) is 16.9. The Hall–Kier alpha value is -0.610. The molecular formula is C15H27N3O. The van der Waals surface area contributed by atoms with Crippen molar-refractivity contribution >= 4 is 5.91 Å². The average Bonchev–Trinajstić information content (AvgIpc) is 3.12. The number of nitrogens with zero attached hydrogens (tertiary/aromatic N) is 2. The van der Waals surface area contributed by atoms with Crippen LogP contribution >= 0.6 is 0 Å². The van der Waals surface area contributed by atoms with Crippen LogP contribution in [0.3, 0.4) is 0 Å². The molecule has 2 aliphatic heterocycles. The molecule has 2 atom stereocenters. The molecule has 0 radical (unpaired) electrons. The molecule has 1 amide bonds. The molecule has 1 aliphatic carbocycles. The van der Waals surface area contributed by atoms with Gasteiger partial charge in [0.2, 0.25) is 5.91 Å². The molecule has 108 valence electrons. The van der Waals surface area contributed by atoms with Gasteiger partial charge in [0.15, 0.2) is 0 Å². The number of carbonyl (C=O) groups excluding carboxylic acids is 1. The summed E-state index contributed by atoms with van der Waals surface area (Å²) < 4.78 is 0. The quantitative estimate of drug-likeness (QED) is 0.838. The van der Waals surface area contributed by atoms with Gasteiger partial charge in [0.25, 0.3) is 0 Å². The average molecular weight is 265 g/mol. The molecular weight excluding hydrogens is 238 g/mol. The van der Waals surface area contributed by atoms with E-state index in [9.17, 15) is 4.79 Å². The van der Waals surface area contributed by atoms with Crippen LogP contribution in [0.4, 0.5) is 0 Å². The van der Waals surface area contributed by atoms with Gasteiger partial charge >= 0.3 is 0 Å². The second-order valence-corrected chi connectivity index (χ2v) is 6.64. The van der Waals surface area contributed by atoms with E-state index in [4.69, 9.17) is 0 Å². The van der Waals surface area contributed by atoms with Crippen LogP contribution in [0, 0.1) is 0 Å². The second-order valence-electron chi connectivity index (χ2n) is 6.64. The Kier molecular flexibility index (Phi) is 3.56. The van der Waals surface area contributed by atoms with Crippen molar-refractivity contribution in [1.82, 2.24) is 15.1 Å². The van der Waals surface area contributed by atoms with Crippen molar-refractivity contribution in [3.63, 3.8) is 0 Å². The zero-order valence-electron chi connectivity index (χ0n) is 12.3. The Bertz CT molecular complexity index is 353. The highest BCUT2D eigenvalue weighted by Crippen LogP contribution is 2.41. The Morgan fingerprint density at radius 3 is 2.68 bits per heavy atom. The molecule has 3 rings (SSSR count). The van der Waals surface area contributed by atoms with Crippen molar-refractivity contribution in [3.8, 4) is 0 Å². The van der Waals surface area contributed by atoms with Crippen molar-refractivity contribution in [2.75, 3.05) is 19.6 Å². The third-order valence-electron chi connectivity index (χ3n) is 5.16. The molecule has 4 nitrogen and oxygen atoms in total. The minimum Gasteiger partial charge on any atom is -0.326 e. The molecule has 0 aromatic rings. The van der Waals surface area contributed by atoms with Crippen LogP contribution in [0.2, 0.25) is 0 Å². The lowest BCUT2D eigenvalue weighted by Crippen LogP contribution is -2.41. The molecule has 0 aromatic carbocycles. The number of rotatable bonds is 4. The Morgan fingerprint density at radius 1 is 1.26 bits per heavy atom. The van der Waals surface area contributed by atoms with Gasteiger partial charge in [-0.15, -0.1) is 0 Å². The molecule has 2 unspecified atom stereocenters. The fourth-order valence-corrected chi connectivity index (χ4v) is 3.70. The van der Waals surface area contributed by atoms with Gasteiger partial charge in [0.1, 0.15) is 0 Å². The molecule has 19 heavy (non-hydrogen) atoms. The molecule has 3 aliphatic rings. The maximum Gasteiger partial charge on any atom is 0.244 e. The van der Waals surface area contributed by atoms with E-state index in [0.717, 1.165) is 38.4 Å². The number of carbonyl (C=O) groups is 1. The smallest absolute Gasteiger partial charge is 0.244 e. The molecule has 1 spiro atoms. The van der Waals surface area contributed by atoms with E-state index in [0.29, 0.717) is 5.91 Å². The summed E-state index contributed by atoms with van der Waals surface area (Å²) in [5, 5.41) is 3.46. The number of piperidine rings is 1. The van der Waals surface area contributed by atoms with Crippen molar-refractivity contribution in [2.24, 2.45) is 0 Å². The molecule has 0 bridgehead atoms. The zero-order valence-corrected chi connectivity index (χ0v) is 12.3. The van der Waals surface area contributed by atoms with Gasteiger partial charge in [-0.2, -0.15) is 0 Å². The summed E-state index contributed by atoms with van der Waals surface area (Å²) in [6, 6.07) is 0.730. The van der Waals surface area contributed by atoms with Gasteiger partial charge in [-0.1, -0.05) is 6.42 Å². The minimum absolute atomic E-state index is 0.141. The first kappa shape index (κ1) is 13.4. The van der Waals surface area contributed by atoms with Crippen LogP contribution in [0.1, 0.15) is 52.4 Å². The van der Waals surface area contributed by atoms with Gasteiger partial charge in [-0.05, 0) is 52.5 Å². The Morgan fingerprint density at radius 2 is 2.05 bits per heavy atom. The summed E-state index contributed by atoms with van der Waals surface area (Å²) >= 11 is 0. The van der Waals surface area contributed by atoms with Gasteiger partial charge in [-0.3, -0.25) is 10.1 Å². The van der Waals surface area contributed by atoms with Crippen LogP contribution in [0.5, 0.6) is 0 Å². The van der Waals surface area contributed by atoms with Gasteiger partial charge in [-0.25, -0.2) is 0 Å². The van der Waals surface area contributed by atoms with E-state index in [-0.39, 0.29) is 11.7 Å². The van der Waals surface area contributed by atoms with E-state index >= 15 is 0 Å². The van der Waals surface area contributed by atoms with Crippen LogP contribution in [-0.4, -0.2) is 53.1 Å². The molecule has 1 saturated carbocycles. The third-order valence-corrected chi connectivity index (χ3v) is 5.16. The summed E-state index contributed by atoms with van der Waals surface area (Å²) in [6.07, 6.45) is 7.47. The number of likely N-dealkylation sites (tertiary alicyclic amines) is 1. The Labute approximate surface area is 116 Å². The highest BCUT2D eigenvalue weighted by Gasteiger charge is 2.57. The topological polar surface area (TPSA) is 35.6 Å². The summed E-state index contributed by atoms with van der Waals surface area (Å²) in [5.41, 5.74) is -0.141. The lowest BCUT2D eigenvalue weighted by Gasteiger charge is -2.34. The first-order valence-corrected chi connectivity index (χ1v) is 7.95. The van der Waals surface area contributed by atoms with Gasteiger partial charge < -0.3 is 9.80 Å². The van der Waals surface area contributed by atoms with E-state index < -0.39 is 0 Å². The standard InChI is InChI=1S/C15H27N3O/c1-12-6-3-4-9-17(12)10-5-11-18-13(2)16-15(7-8-15)14(18)19/h12-13,16H,3-11H2,1-2H3. The molecule has 0 aromatic heterocycles. The predicted molar refractivity (Wildman–Crippen MR) is 75.8 cm³/mol. The summed E-state index contributed by atoms with van der Waals surface area (Å²) in [5.74, 6) is 0.353. The van der Waals surface area contributed by atoms with Crippen LogP contribution < -0.4 is 5.32 Å². The Balaban J connectivity index is 1.46. The SMILES string of the molecule is CC1CCCCN1CCCN1C(=O)C2(CC2)NC1C. The highest BCUT2D eigenvalue weighted by molar-refractivity contribution is 5.91. The van der Waals surface area contributed by atoms with Crippen molar-refractivity contribution in [2.45, 2.75) is 70.1 Å². The lowest BCUT2D eigenvalue weighted by atomic mass is 10.0. The fraction of sp³-hybridized carbons (Fsp3) is 0.933. The first-order chi connectivity index (χ1) is 9.12. The largest absolute Gasteiger partial charge is 0.326 e. The maximum atomic E-state index is 12.3. The number of hydrogen-bond acceptors (Lipinski definition) is 3. The van der Waals surface area contributed by atoms with Crippen molar-refractivity contribution < 1.29 is 4.79 Å². The van der Waals surface area contributed by atoms with Gasteiger partial charge in [0, 0.05) is 19.1 Å². The molecule has 1 N–H and O–H groups in total. The van der Waals surface area contributed by atoms with Crippen molar-refractivity contribution in [3.05, 3.63) is 0 Å². The molecule has 2 saturated heterocycles. The summed E-state index contributed by atoms with van der Waals surface area (Å²) in [7, 11) is 0. The van der Waals surface area contributed by atoms with E-state index in [1.807, 2.05) is 0 Å². The van der Waals surface area contributed by atoms with Gasteiger partial charge in [0.05, 0.1) is 11.7 Å². The number of amides is 1. The first-order valence-electron chi connectivity index (χ1n) is 7.95. The van der Waals surface area contributed by atoms with Crippen molar-refractivity contribution in [1.29, 1.82) is 0 Å². The van der Waals surface area contributed by atoms with E-state index in [1.54, 1.807) is 0 Å². The predicted octanol–water partition coefficient (Wildman–Crippen LogP) is 1.56. The minimum atomic E-state index is -0.141. The number of hydrogen-bond donors (Lipinski definition) is 1. The van der Waals surface area contributed by atoms with Crippen LogP contribution in [-0.2, 0) is 4.79 Å². The van der Waals surface area contributed by atoms with E-state index in [2.05, 4.69) is 29.0 Å². The zero-order chi connectivity index (χ0) is 13.5. The normalized spacial score (nSPS) is 34.2. The summed E-state index contributed by atoms with van der Waals surface area (Å²) in [6.45, 7) is 7.76. The molecule has 3 fully saturated rings.